The number of ether oxygens (including phenoxy) is 1. The minimum atomic E-state index is -1.41. The van der Waals surface area contributed by atoms with Crippen LogP contribution in [0.1, 0.15) is 22.8 Å². The fraction of sp³-hybridized carbons (Fsp3) is 0.250. The zero-order chi connectivity index (χ0) is 18.2. The van der Waals surface area contributed by atoms with E-state index in [2.05, 4.69) is 10.4 Å². The van der Waals surface area contributed by atoms with Crippen molar-refractivity contribution in [1.82, 2.24) is 15.1 Å². The summed E-state index contributed by atoms with van der Waals surface area (Å²) in [6.45, 7) is 1.58. The molecule has 2 aromatic rings. The van der Waals surface area contributed by atoms with Crippen LogP contribution >= 0.6 is 0 Å². The van der Waals surface area contributed by atoms with Gasteiger partial charge in [0.25, 0.3) is 0 Å². The quantitative estimate of drug-likeness (QED) is 0.772. The van der Waals surface area contributed by atoms with E-state index in [1.807, 2.05) is 0 Å². The zero-order valence-corrected chi connectivity index (χ0v) is 13.2. The predicted molar refractivity (Wildman–Crippen MR) is 83.7 cm³/mol. The second-order valence-corrected chi connectivity index (χ2v) is 5.84. The Morgan fingerprint density at radius 2 is 2.32 bits per heavy atom. The van der Waals surface area contributed by atoms with Gasteiger partial charge in [-0.25, -0.2) is 13.9 Å². The first kappa shape index (κ1) is 16.6. The van der Waals surface area contributed by atoms with Gasteiger partial charge < -0.3 is 15.8 Å². The molecule has 1 aliphatic heterocycles. The van der Waals surface area contributed by atoms with E-state index in [4.69, 9.17) is 10.5 Å². The number of carbonyl (C=O) groups excluding carboxylic acids is 3. The SMILES string of the molecule is CC(C(N)=O)(c1ccc(-n2cc(C=O)cn2)c(F)c1)C1CNC(=O)O1. The van der Waals surface area contributed by atoms with Crippen molar-refractivity contribution in [2.45, 2.75) is 18.4 Å². The number of amides is 2. The fourth-order valence-electron chi connectivity index (χ4n) is 2.74. The molecule has 0 bridgehead atoms. The van der Waals surface area contributed by atoms with Crippen LogP contribution in [-0.4, -0.2) is 40.7 Å². The smallest absolute Gasteiger partial charge is 0.407 e. The van der Waals surface area contributed by atoms with E-state index in [-0.39, 0.29) is 17.8 Å². The van der Waals surface area contributed by atoms with Gasteiger partial charge in [-0.1, -0.05) is 6.07 Å². The molecule has 1 aliphatic rings. The normalized spacial score (nSPS) is 19.0. The maximum absolute atomic E-state index is 14.6. The van der Waals surface area contributed by atoms with Gasteiger partial charge in [-0.2, -0.15) is 5.10 Å². The molecule has 0 spiro atoms. The summed E-state index contributed by atoms with van der Waals surface area (Å²) >= 11 is 0. The molecular formula is C16H15FN4O4. The highest BCUT2D eigenvalue weighted by molar-refractivity contribution is 5.88. The summed E-state index contributed by atoms with van der Waals surface area (Å²) in [5.74, 6) is -1.41. The lowest BCUT2D eigenvalue weighted by molar-refractivity contribution is -0.126. The number of nitrogens with two attached hydrogens (primary N) is 1. The van der Waals surface area contributed by atoms with Gasteiger partial charge in [0, 0.05) is 6.20 Å². The van der Waals surface area contributed by atoms with Gasteiger partial charge in [-0.3, -0.25) is 9.59 Å². The van der Waals surface area contributed by atoms with E-state index in [1.165, 1.54) is 36.1 Å². The van der Waals surface area contributed by atoms with Crippen molar-refractivity contribution in [1.29, 1.82) is 0 Å². The Morgan fingerprint density at radius 1 is 1.56 bits per heavy atom. The number of halogens is 1. The Balaban J connectivity index is 2.01. The number of aldehydes is 1. The third kappa shape index (κ3) is 2.73. The number of rotatable bonds is 5. The van der Waals surface area contributed by atoms with Gasteiger partial charge in [0.15, 0.2) is 6.29 Å². The number of nitrogens with zero attached hydrogens (tertiary/aromatic N) is 2. The Morgan fingerprint density at radius 3 is 2.84 bits per heavy atom. The molecule has 1 aromatic carbocycles. The Bertz CT molecular complexity index is 866. The van der Waals surface area contributed by atoms with E-state index in [0.717, 1.165) is 6.07 Å². The van der Waals surface area contributed by atoms with Crippen LogP contribution in [0, 0.1) is 5.82 Å². The molecular weight excluding hydrogens is 331 g/mol. The third-order valence-electron chi connectivity index (χ3n) is 4.37. The summed E-state index contributed by atoms with van der Waals surface area (Å²) in [7, 11) is 0. The van der Waals surface area contributed by atoms with Crippen molar-refractivity contribution < 1.29 is 23.5 Å². The molecule has 1 aromatic heterocycles. The van der Waals surface area contributed by atoms with E-state index >= 15 is 0 Å². The number of hydrogen-bond donors (Lipinski definition) is 2. The van der Waals surface area contributed by atoms with Crippen LogP contribution in [0.5, 0.6) is 0 Å². The largest absolute Gasteiger partial charge is 0.443 e. The molecule has 1 saturated heterocycles. The summed E-state index contributed by atoms with van der Waals surface area (Å²) in [5.41, 5.74) is 4.78. The third-order valence-corrected chi connectivity index (χ3v) is 4.37. The molecule has 9 heteroatoms. The van der Waals surface area contributed by atoms with E-state index in [9.17, 15) is 18.8 Å². The van der Waals surface area contributed by atoms with Gasteiger partial charge >= 0.3 is 6.09 Å². The van der Waals surface area contributed by atoms with E-state index < -0.39 is 29.3 Å². The molecule has 2 atom stereocenters. The van der Waals surface area contributed by atoms with Gasteiger partial charge in [0.05, 0.1) is 18.3 Å². The number of primary amides is 1. The molecule has 3 N–H and O–H groups in total. The van der Waals surface area contributed by atoms with Crippen LogP contribution in [0.25, 0.3) is 5.69 Å². The topological polar surface area (TPSA) is 116 Å². The van der Waals surface area contributed by atoms with Crippen molar-refractivity contribution in [3.8, 4) is 5.69 Å². The Labute approximate surface area is 141 Å². The summed E-state index contributed by atoms with van der Waals surface area (Å²) in [6, 6.07) is 4.07. The van der Waals surface area contributed by atoms with Crippen molar-refractivity contribution in [3.63, 3.8) is 0 Å². The van der Waals surface area contributed by atoms with Crippen LogP contribution in [-0.2, 0) is 14.9 Å². The number of alkyl carbamates (subject to hydrolysis) is 1. The molecule has 25 heavy (non-hydrogen) atoms. The number of nitrogens with one attached hydrogen (secondary N) is 1. The van der Waals surface area contributed by atoms with Crippen molar-refractivity contribution in [2.75, 3.05) is 6.54 Å². The van der Waals surface area contributed by atoms with Gasteiger partial charge in [-0.15, -0.1) is 0 Å². The first-order valence-corrected chi connectivity index (χ1v) is 7.41. The lowest BCUT2D eigenvalue weighted by Crippen LogP contribution is -2.49. The monoisotopic (exact) mass is 346 g/mol. The molecule has 2 amide bonds. The maximum Gasteiger partial charge on any atom is 0.407 e. The Kier molecular flexibility index (Phi) is 3.99. The summed E-state index contributed by atoms with van der Waals surface area (Å²) in [4.78, 5) is 34.1. The summed E-state index contributed by atoms with van der Waals surface area (Å²) < 4.78 is 20.9. The maximum atomic E-state index is 14.6. The molecule has 2 unspecified atom stereocenters. The predicted octanol–water partition coefficient (Wildman–Crippen LogP) is 0.675. The van der Waals surface area contributed by atoms with Crippen LogP contribution in [0.2, 0.25) is 0 Å². The highest BCUT2D eigenvalue weighted by Crippen LogP contribution is 2.32. The minimum Gasteiger partial charge on any atom is -0.443 e. The standard InChI is InChI=1S/C16H15FN4O4/c1-16(14(18)23,13-6-19-15(24)25-13)10-2-3-12(11(17)4-10)21-7-9(8-22)5-20-21/h2-5,7-8,13H,6H2,1H3,(H2,18,23)(H,19,24). The van der Waals surface area contributed by atoms with Crippen LogP contribution in [0.4, 0.5) is 9.18 Å². The van der Waals surface area contributed by atoms with Crippen LogP contribution < -0.4 is 11.1 Å². The number of carbonyl (C=O) groups is 3. The van der Waals surface area contributed by atoms with Crippen molar-refractivity contribution >= 4 is 18.3 Å². The summed E-state index contributed by atoms with van der Waals surface area (Å²) in [6.07, 6.45) is 1.77. The molecule has 0 saturated carbocycles. The first-order valence-electron chi connectivity index (χ1n) is 7.41. The highest BCUT2D eigenvalue weighted by atomic mass is 19.1. The molecule has 2 heterocycles. The molecule has 0 radical (unpaired) electrons. The Hall–Kier alpha value is -3.23. The number of benzene rings is 1. The van der Waals surface area contributed by atoms with E-state index in [1.54, 1.807) is 0 Å². The number of hydrogen-bond acceptors (Lipinski definition) is 5. The second kappa shape index (κ2) is 6.00. The number of cyclic esters (lactones) is 1. The lowest BCUT2D eigenvalue weighted by atomic mass is 9.76. The minimum absolute atomic E-state index is 0.0868. The zero-order valence-electron chi connectivity index (χ0n) is 13.2. The average molecular weight is 346 g/mol. The van der Waals surface area contributed by atoms with Gasteiger partial charge in [0.2, 0.25) is 5.91 Å². The van der Waals surface area contributed by atoms with Crippen molar-refractivity contribution in [2.24, 2.45) is 5.73 Å². The van der Waals surface area contributed by atoms with Crippen LogP contribution in [0.3, 0.4) is 0 Å². The molecule has 0 aliphatic carbocycles. The van der Waals surface area contributed by atoms with Gasteiger partial charge in [-0.05, 0) is 24.6 Å². The molecule has 3 rings (SSSR count). The fourth-order valence-corrected chi connectivity index (χ4v) is 2.74. The first-order chi connectivity index (χ1) is 11.9. The van der Waals surface area contributed by atoms with Crippen molar-refractivity contribution in [3.05, 3.63) is 47.5 Å². The molecule has 130 valence electrons. The van der Waals surface area contributed by atoms with Crippen LogP contribution in [0.15, 0.2) is 30.6 Å². The number of aromatic nitrogens is 2. The van der Waals surface area contributed by atoms with Gasteiger partial charge in [0.1, 0.15) is 23.0 Å². The molecule has 1 fully saturated rings. The summed E-state index contributed by atoms with van der Waals surface area (Å²) in [5, 5.41) is 6.36. The highest BCUT2D eigenvalue weighted by Gasteiger charge is 2.47. The second-order valence-electron chi connectivity index (χ2n) is 5.84. The molecule has 8 nitrogen and oxygen atoms in total. The lowest BCUT2D eigenvalue weighted by Gasteiger charge is -2.31. The van der Waals surface area contributed by atoms with E-state index in [0.29, 0.717) is 11.8 Å². The average Bonchev–Trinajstić information content (AvgIpc) is 3.22.